The first-order valence-corrected chi connectivity index (χ1v) is 10.3. The van der Waals surface area contributed by atoms with Crippen LogP contribution in [0.25, 0.3) is 0 Å². The van der Waals surface area contributed by atoms with Gasteiger partial charge in [-0.1, -0.05) is 48.5 Å². The molecule has 0 aliphatic carbocycles. The molecule has 0 aromatic heterocycles. The third-order valence-corrected chi connectivity index (χ3v) is 5.71. The SMILES string of the molecule is O=C1NCCCN1C1CCN(Cc2ccccc2OCc2ccccc2)CC1. The Morgan fingerprint density at radius 3 is 2.50 bits per heavy atom. The molecule has 0 spiro atoms. The fourth-order valence-electron chi connectivity index (χ4n) is 4.14. The van der Waals surface area contributed by atoms with E-state index in [4.69, 9.17) is 4.74 Å². The van der Waals surface area contributed by atoms with Gasteiger partial charge in [-0.25, -0.2) is 4.79 Å². The van der Waals surface area contributed by atoms with Crippen molar-refractivity contribution in [3.63, 3.8) is 0 Å². The van der Waals surface area contributed by atoms with E-state index in [0.29, 0.717) is 12.6 Å². The highest BCUT2D eigenvalue weighted by molar-refractivity contribution is 5.75. The smallest absolute Gasteiger partial charge is 0.317 e. The Labute approximate surface area is 167 Å². The van der Waals surface area contributed by atoms with Crippen molar-refractivity contribution >= 4 is 6.03 Å². The van der Waals surface area contributed by atoms with E-state index in [1.165, 1.54) is 11.1 Å². The molecule has 2 aromatic rings. The van der Waals surface area contributed by atoms with Crippen LogP contribution in [0.5, 0.6) is 5.75 Å². The molecule has 0 bridgehead atoms. The van der Waals surface area contributed by atoms with Crippen LogP contribution in [0.3, 0.4) is 0 Å². The molecule has 2 saturated heterocycles. The van der Waals surface area contributed by atoms with Crippen molar-refractivity contribution in [1.29, 1.82) is 0 Å². The third kappa shape index (κ3) is 4.65. The lowest BCUT2D eigenvalue weighted by Gasteiger charge is -2.40. The maximum atomic E-state index is 12.1. The number of carbonyl (C=O) groups excluding carboxylic acids is 1. The molecule has 0 unspecified atom stereocenters. The van der Waals surface area contributed by atoms with E-state index in [1.807, 2.05) is 29.2 Å². The molecule has 5 nitrogen and oxygen atoms in total. The van der Waals surface area contributed by atoms with Gasteiger partial charge < -0.3 is 15.0 Å². The standard InChI is InChI=1S/C23H29N3O2/c27-23-24-13-6-14-26(23)21-11-15-25(16-12-21)17-20-9-4-5-10-22(20)28-18-19-7-2-1-3-8-19/h1-5,7-10,21H,6,11-18H2,(H,24,27). The summed E-state index contributed by atoms with van der Waals surface area (Å²) in [5.74, 6) is 0.962. The molecule has 148 valence electrons. The molecule has 4 rings (SSSR count). The number of ether oxygens (including phenoxy) is 1. The van der Waals surface area contributed by atoms with Gasteiger partial charge in [0.1, 0.15) is 12.4 Å². The summed E-state index contributed by atoms with van der Waals surface area (Å²) in [7, 11) is 0. The van der Waals surface area contributed by atoms with Crippen LogP contribution in [0.1, 0.15) is 30.4 Å². The second kappa shape index (κ2) is 9.11. The van der Waals surface area contributed by atoms with Crippen LogP contribution in [0.4, 0.5) is 4.79 Å². The molecule has 2 fully saturated rings. The van der Waals surface area contributed by atoms with Gasteiger partial charge in [-0.3, -0.25) is 4.90 Å². The van der Waals surface area contributed by atoms with Gasteiger partial charge >= 0.3 is 6.03 Å². The van der Waals surface area contributed by atoms with E-state index in [2.05, 4.69) is 40.5 Å². The molecule has 0 atom stereocenters. The fraction of sp³-hybridized carbons (Fsp3) is 0.435. The largest absolute Gasteiger partial charge is 0.489 e. The van der Waals surface area contributed by atoms with Crippen LogP contribution < -0.4 is 10.1 Å². The van der Waals surface area contributed by atoms with Crippen molar-refractivity contribution in [3.05, 3.63) is 65.7 Å². The number of rotatable bonds is 6. The van der Waals surface area contributed by atoms with E-state index in [9.17, 15) is 4.79 Å². The van der Waals surface area contributed by atoms with Crippen molar-refractivity contribution in [3.8, 4) is 5.75 Å². The Bertz CT molecular complexity index is 772. The second-order valence-electron chi connectivity index (χ2n) is 7.67. The summed E-state index contributed by atoms with van der Waals surface area (Å²) < 4.78 is 6.11. The van der Waals surface area contributed by atoms with Crippen molar-refractivity contribution in [2.24, 2.45) is 0 Å². The number of amides is 2. The highest BCUT2D eigenvalue weighted by Crippen LogP contribution is 2.24. The lowest BCUT2D eigenvalue weighted by atomic mass is 10.0. The Balaban J connectivity index is 1.32. The zero-order valence-corrected chi connectivity index (χ0v) is 16.3. The summed E-state index contributed by atoms with van der Waals surface area (Å²) in [6.45, 7) is 5.22. The number of benzene rings is 2. The molecule has 5 heteroatoms. The Hall–Kier alpha value is -2.53. The van der Waals surface area contributed by atoms with Crippen LogP contribution in [0.15, 0.2) is 54.6 Å². The number of piperidine rings is 1. The lowest BCUT2D eigenvalue weighted by molar-refractivity contribution is 0.108. The highest BCUT2D eigenvalue weighted by atomic mass is 16.5. The number of nitrogens with zero attached hydrogens (tertiary/aromatic N) is 2. The Kier molecular flexibility index (Phi) is 6.12. The van der Waals surface area contributed by atoms with Crippen molar-refractivity contribution in [2.75, 3.05) is 26.2 Å². The van der Waals surface area contributed by atoms with E-state index in [0.717, 1.165) is 57.7 Å². The minimum absolute atomic E-state index is 0.115. The van der Waals surface area contributed by atoms with Gasteiger partial charge in [-0.05, 0) is 30.9 Å². The number of hydrogen-bond acceptors (Lipinski definition) is 3. The number of urea groups is 1. The summed E-state index contributed by atoms with van der Waals surface area (Å²) in [6.07, 6.45) is 3.14. The van der Waals surface area contributed by atoms with Gasteiger partial charge in [-0.15, -0.1) is 0 Å². The Morgan fingerprint density at radius 2 is 1.71 bits per heavy atom. The van der Waals surface area contributed by atoms with Crippen molar-refractivity contribution < 1.29 is 9.53 Å². The number of nitrogens with one attached hydrogen (secondary N) is 1. The van der Waals surface area contributed by atoms with E-state index in [-0.39, 0.29) is 6.03 Å². The van der Waals surface area contributed by atoms with Crippen LogP contribution in [0, 0.1) is 0 Å². The predicted molar refractivity (Wildman–Crippen MR) is 110 cm³/mol. The Morgan fingerprint density at radius 1 is 0.964 bits per heavy atom. The maximum absolute atomic E-state index is 12.1. The van der Waals surface area contributed by atoms with Crippen LogP contribution in [0.2, 0.25) is 0 Å². The first-order chi connectivity index (χ1) is 13.8. The molecule has 2 aromatic carbocycles. The molecule has 1 N–H and O–H groups in total. The average molecular weight is 380 g/mol. The van der Waals surface area contributed by atoms with Gasteiger partial charge in [0.2, 0.25) is 0 Å². The van der Waals surface area contributed by atoms with Crippen LogP contribution >= 0.6 is 0 Å². The number of carbonyl (C=O) groups is 1. The van der Waals surface area contributed by atoms with Gasteiger partial charge in [0, 0.05) is 44.3 Å². The quantitative estimate of drug-likeness (QED) is 0.833. The summed E-state index contributed by atoms with van der Waals surface area (Å²) in [4.78, 5) is 16.6. The highest BCUT2D eigenvalue weighted by Gasteiger charge is 2.29. The topological polar surface area (TPSA) is 44.8 Å². The summed E-state index contributed by atoms with van der Waals surface area (Å²) in [5, 5.41) is 2.97. The van der Waals surface area contributed by atoms with E-state index in [1.54, 1.807) is 0 Å². The summed E-state index contributed by atoms with van der Waals surface area (Å²) in [5.41, 5.74) is 2.41. The number of likely N-dealkylation sites (tertiary alicyclic amines) is 1. The van der Waals surface area contributed by atoms with Crippen molar-refractivity contribution in [2.45, 2.75) is 38.5 Å². The molecule has 2 amide bonds. The molecule has 28 heavy (non-hydrogen) atoms. The zero-order chi connectivity index (χ0) is 19.2. The van der Waals surface area contributed by atoms with Crippen LogP contribution in [-0.2, 0) is 13.2 Å². The fourth-order valence-corrected chi connectivity index (χ4v) is 4.14. The number of hydrogen-bond donors (Lipinski definition) is 1. The molecular formula is C23H29N3O2. The van der Waals surface area contributed by atoms with Gasteiger partial charge in [0.15, 0.2) is 0 Å². The minimum atomic E-state index is 0.115. The maximum Gasteiger partial charge on any atom is 0.317 e. The normalized spacial score (nSPS) is 18.7. The number of para-hydroxylation sites is 1. The predicted octanol–water partition coefficient (Wildman–Crippen LogP) is 3.65. The van der Waals surface area contributed by atoms with E-state index < -0.39 is 0 Å². The molecule has 2 aliphatic heterocycles. The van der Waals surface area contributed by atoms with Crippen LogP contribution in [-0.4, -0.2) is 48.1 Å². The first kappa shape index (κ1) is 18.8. The molecule has 0 radical (unpaired) electrons. The monoisotopic (exact) mass is 379 g/mol. The van der Waals surface area contributed by atoms with Gasteiger partial charge in [0.25, 0.3) is 0 Å². The molecule has 2 aliphatic rings. The van der Waals surface area contributed by atoms with Gasteiger partial charge in [0.05, 0.1) is 0 Å². The molecular weight excluding hydrogens is 350 g/mol. The zero-order valence-electron chi connectivity index (χ0n) is 16.3. The first-order valence-electron chi connectivity index (χ1n) is 10.3. The summed E-state index contributed by atoms with van der Waals surface area (Å²) in [6, 6.07) is 19.1. The third-order valence-electron chi connectivity index (χ3n) is 5.71. The van der Waals surface area contributed by atoms with Crippen molar-refractivity contribution in [1.82, 2.24) is 15.1 Å². The molecule has 0 saturated carbocycles. The van der Waals surface area contributed by atoms with Gasteiger partial charge in [-0.2, -0.15) is 0 Å². The second-order valence-corrected chi connectivity index (χ2v) is 7.67. The molecule has 2 heterocycles. The lowest BCUT2D eigenvalue weighted by Crippen LogP contribution is -2.54. The summed E-state index contributed by atoms with van der Waals surface area (Å²) >= 11 is 0. The van der Waals surface area contributed by atoms with E-state index >= 15 is 0 Å². The minimum Gasteiger partial charge on any atom is -0.489 e. The average Bonchev–Trinajstić information content (AvgIpc) is 2.75.